The molecule has 100 valence electrons. The Morgan fingerprint density at radius 2 is 2.21 bits per heavy atom. The Hall–Kier alpha value is -1.61. The number of benzene rings is 1. The van der Waals surface area contributed by atoms with Crippen LogP contribution < -0.4 is 4.90 Å². The Bertz CT molecular complexity index is 582. The lowest BCUT2D eigenvalue weighted by atomic mass is 10.1. The molecule has 0 radical (unpaired) electrons. The first-order valence-corrected chi connectivity index (χ1v) is 6.91. The molecule has 2 aromatic rings. The van der Waals surface area contributed by atoms with Crippen molar-refractivity contribution in [1.82, 2.24) is 4.98 Å². The van der Waals surface area contributed by atoms with Crippen LogP contribution in [0.3, 0.4) is 0 Å². The molecule has 0 spiro atoms. The van der Waals surface area contributed by atoms with Crippen molar-refractivity contribution in [3.05, 3.63) is 36.0 Å². The third-order valence-electron chi connectivity index (χ3n) is 3.87. The van der Waals surface area contributed by atoms with E-state index in [2.05, 4.69) is 47.1 Å². The SMILES string of the molecule is COCC1CCCN1c1cc(C)nc2ccccc12. The van der Waals surface area contributed by atoms with Crippen LogP contribution in [0, 0.1) is 6.92 Å². The molecule has 3 nitrogen and oxygen atoms in total. The zero-order chi connectivity index (χ0) is 13.2. The smallest absolute Gasteiger partial charge is 0.0726 e. The monoisotopic (exact) mass is 256 g/mol. The molecule has 1 aliphatic rings. The van der Waals surface area contributed by atoms with E-state index in [0.717, 1.165) is 24.4 Å². The number of para-hydroxylation sites is 1. The molecule has 1 saturated heterocycles. The molecule has 1 aromatic carbocycles. The van der Waals surface area contributed by atoms with E-state index in [1.54, 1.807) is 7.11 Å². The Labute approximate surface area is 114 Å². The molecule has 3 rings (SSSR count). The number of aryl methyl sites for hydroxylation is 1. The Morgan fingerprint density at radius 3 is 3.05 bits per heavy atom. The van der Waals surface area contributed by atoms with E-state index in [1.165, 1.54) is 23.9 Å². The summed E-state index contributed by atoms with van der Waals surface area (Å²) in [7, 11) is 1.78. The lowest BCUT2D eigenvalue weighted by molar-refractivity contribution is 0.181. The molecule has 1 unspecified atom stereocenters. The summed E-state index contributed by atoms with van der Waals surface area (Å²) in [5.41, 5.74) is 3.47. The fourth-order valence-electron chi connectivity index (χ4n) is 3.04. The zero-order valence-electron chi connectivity index (χ0n) is 11.6. The first kappa shape index (κ1) is 12.4. The van der Waals surface area contributed by atoms with Gasteiger partial charge < -0.3 is 9.64 Å². The van der Waals surface area contributed by atoms with Crippen molar-refractivity contribution in [2.75, 3.05) is 25.2 Å². The zero-order valence-corrected chi connectivity index (χ0v) is 11.6. The summed E-state index contributed by atoms with van der Waals surface area (Å²) >= 11 is 0. The fraction of sp³-hybridized carbons (Fsp3) is 0.438. The van der Waals surface area contributed by atoms with Crippen molar-refractivity contribution >= 4 is 16.6 Å². The average Bonchev–Trinajstić information content (AvgIpc) is 2.86. The number of fused-ring (bicyclic) bond motifs is 1. The van der Waals surface area contributed by atoms with Gasteiger partial charge in [-0.25, -0.2) is 0 Å². The first-order chi connectivity index (χ1) is 9.29. The second kappa shape index (κ2) is 5.17. The molecule has 1 aliphatic heterocycles. The molecule has 0 saturated carbocycles. The second-order valence-corrected chi connectivity index (χ2v) is 5.24. The normalized spacial score (nSPS) is 19.3. The van der Waals surface area contributed by atoms with Crippen LogP contribution in [0.15, 0.2) is 30.3 Å². The number of nitrogens with zero attached hydrogens (tertiary/aromatic N) is 2. The number of pyridine rings is 1. The number of anilines is 1. The highest BCUT2D eigenvalue weighted by Crippen LogP contribution is 2.32. The maximum atomic E-state index is 5.36. The summed E-state index contributed by atoms with van der Waals surface area (Å²) < 4.78 is 5.36. The molecular formula is C16H20N2O. The average molecular weight is 256 g/mol. The van der Waals surface area contributed by atoms with Gasteiger partial charge in [-0.05, 0) is 31.9 Å². The largest absolute Gasteiger partial charge is 0.383 e. The summed E-state index contributed by atoms with van der Waals surface area (Å²) in [5.74, 6) is 0. The topological polar surface area (TPSA) is 25.4 Å². The minimum Gasteiger partial charge on any atom is -0.383 e. The van der Waals surface area contributed by atoms with Gasteiger partial charge in [0.15, 0.2) is 0 Å². The van der Waals surface area contributed by atoms with E-state index in [4.69, 9.17) is 4.74 Å². The van der Waals surface area contributed by atoms with Crippen LogP contribution in [0.25, 0.3) is 10.9 Å². The predicted molar refractivity (Wildman–Crippen MR) is 78.7 cm³/mol. The number of rotatable bonds is 3. The highest BCUT2D eigenvalue weighted by Gasteiger charge is 2.26. The van der Waals surface area contributed by atoms with Gasteiger partial charge in [0.25, 0.3) is 0 Å². The summed E-state index contributed by atoms with van der Waals surface area (Å²) in [6.07, 6.45) is 2.45. The van der Waals surface area contributed by atoms with Gasteiger partial charge in [0, 0.05) is 30.4 Å². The van der Waals surface area contributed by atoms with Crippen LogP contribution in [0.5, 0.6) is 0 Å². The third-order valence-corrected chi connectivity index (χ3v) is 3.87. The summed E-state index contributed by atoms with van der Waals surface area (Å²) in [5, 5.41) is 1.25. The van der Waals surface area contributed by atoms with E-state index in [1.807, 2.05) is 0 Å². The van der Waals surface area contributed by atoms with Gasteiger partial charge in [0.05, 0.1) is 18.2 Å². The van der Waals surface area contributed by atoms with Crippen LogP contribution in [-0.4, -0.2) is 31.3 Å². The van der Waals surface area contributed by atoms with Gasteiger partial charge in [-0.15, -0.1) is 0 Å². The Kier molecular flexibility index (Phi) is 3.38. The molecule has 1 atom stereocenters. The quantitative estimate of drug-likeness (QED) is 0.843. The summed E-state index contributed by atoms with van der Waals surface area (Å²) in [6.45, 7) is 3.98. The van der Waals surface area contributed by atoms with Crippen molar-refractivity contribution in [2.24, 2.45) is 0 Å². The fourth-order valence-corrected chi connectivity index (χ4v) is 3.04. The number of methoxy groups -OCH3 is 1. The van der Waals surface area contributed by atoms with Gasteiger partial charge in [-0.1, -0.05) is 18.2 Å². The van der Waals surface area contributed by atoms with Crippen LogP contribution in [0.2, 0.25) is 0 Å². The standard InChI is InChI=1S/C16H20N2O/c1-12-10-16(14-7-3-4-8-15(14)17-12)18-9-5-6-13(18)11-19-2/h3-4,7-8,10,13H,5-6,9,11H2,1-2H3. The van der Waals surface area contributed by atoms with Crippen molar-refractivity contribution in [3.63, 3.8) is 0 Å². The predicted octanol–water partition coefficient (Wildman–Crippen LogP) is 3.16. The Morgan fingerprint density at radius 1 is 1.37 bits per heavy atom. The molecule has 0 bridgehead atoms. The van der Waals surface area contributed by atoms with Gasteiger partial charge in [0.2, 0.25) is 0 Å². The molecule has 2 heterocycles. The third kappa shape index (κ3) is 2.30. The maximum absolute atomic E-state index is 5.36. The minimum atomic E-state index is 0.496. The lowest BCUT2D eigenvalue weighted by Gasteiger charge is -2.27. The van der Waals surface area contributed by atoms with E-state index in [9.17, 15) is 0 Å². The van der Waals surface area contributed by atoms with Crippen LogP contribution in [-0.2, 0) is 4.74 Å². The van der Waals surface area contributed by atoms with E-state index in [0.29, 0.717) is 6.04 Å². The molecule has 1 aromatic heterocycles. The summed E-state index contributed by atoms with van der Waals surface area (Å²) in [4.78, 5) is 7.11. The molecule has 0 amide bonds. The molecule has 3 heteroatoms. The number of ether oxygens (including phenoxy) is 1. The highest BCUT2D eigenvalue weighted by atomic mass is 16.5. The van der Waals surface area contributed by atoms with E-state index < -0.39 is 0 Å². The van der Waals surface area contributed by atoms with Crippen LogP contribution in [0.4, 0.5) is 5.69 Å². The van der Waals surface area contributed by atoms with Gasteiger partial charge >= 0.3 is 0 Å². The molecule has 1 fully saturated rings. The lowest BCUT2D eigenvalue weighted by Crippen LogP contribution is -2.33. The minimum absolute atomic E-state index is 0.496. The molecular weight excluding hydrogens is 236 g/mol. The highest BCUT2D eigenvalue weighted by molar-refractivity contribution is 5.92. The van der Waals surface area contributed by atoms with Gasteiger partial charge in [-0.3, -0.25) is 4.98 Å². The Balaban J connectivity index is 2.08. The van der Waals surface area contributed by atoms with Gasteiger partial charge in [-0.2, -0.15) is 0 Å². The molecule has 0 N–H and O–H groups in total. The van der Waals surface area contributed by atoms with E-state index >= 15 is 0 Å². The molecule has 19 heavy (non-hydrogen) atoms. The van der Waals surface area contributed by atoms with Crippen molar-refractivity contribution in [3.8, 4) is 0 Å². The number of hydrogen-bond acceptors (Lipinski definition) is 3. The van der Waals surface area contributed by atoms with Crippen LogP contribution in [0.1, 0.15) is 18.5 Å². The first-order valence-electron chi connectivity index (χ1n) is 6.91. The van der Waals surface area contributed by atoms with Crippen molar-refractivity contribution in [1.29, 1.82) is 0 Å². The van der Waals surface area contributed by atoms with Crippen LogP contribution >= 0.6 is 0 Å². The second-order valence-electron chi connectivity index (χ2n) is 5.24. The van der Waals surface area contributed by atoms with Gasteiger partial charge in [0.1, 0.15) is 0 Å². The number of hydrogen-bond donors (Lipinski definition) is 0. The van der Waals surface area contributed by atoms with Crippen molar-refractivity contribution in [2.45, 2.75) is 25.8 Å². The van der Waals surface area contributed by atoms with E-state index in [-0.39, 0.29) is 0 Å². The molecule has 0 aliphatic carbocycles. The summed E-state index contributed by atoms with van der Waals surface area (Å²) in [6, 6.07) is 11.1. The number of aromatic nitrogens is 1. The maximum Gasteiger partial charge on any atom is 0.0726 e. The van der Waals surface area contributed by atoms with Crippen molar-refractivity contribution < 1.29 is 4.74 Å².